The van der Waals surface area contributed by atoms with Gasteiger partial charge in [-0.2, -0.15) is 25.3 Å². The fraction of sp³-hybridized carbons (Fsp3) is 0.222. The van der Waals surface area contributed by atoms with Crippen molar-refractivity contribution in [3.05, 3.63) is 59.7 Å². The largest absolute Gasteiger partial charge is 0.508 e. The van der Waals surface area contributed by atoms with Gasteiger partial charge in [-0.25, -0.2) is 0 Å². The Bertz CT molecular complexity index is 647. The van der Waals surface area contributed by atoms with E-state index in [0.29, 0.717) is 24.6 Å². The fourth-order valence-electron chi connectivity index (χ4n) is 2.14. The van der Waals surface area contributed by atoms with Crippen LogP contribution in [0.4, 0.5) is 0 Å². The van der Waals surface area contributed by atoms with Crippen molar-refractivity contribution in [2.24, 2.45) is 9.98 Å². The summed E-state index contributed by atoms with van der Waals surface area (Å²) in [7, 11) is 0. The summed E-state index contributed by atoms with van der Waals surface area (Å²) in [5.41, 5.74) is 3.62. The number of rotatable bonds is 7. The number of phenols is 2. The van der Waals surface area contributed by atoms with Crippen molar-refractivity contribution in [3.8, 4) is 11.5 Å². The van der Waals surface area contributed by atoms with Crippen LogP contribution >= 0.6 is 25.3 Å². The first-order chi connectivity index (χ1) is 11.6. The highest BCUT2D eigenvalue weighted by Gasteiger charge is 2.03. The molecular formula is C18H20N2O2S2. The van der Waals surface area contributed by atoms with Gasteiger partial charge in [0.15, 0.2) is 0 Å². The predicted octanol–water partition coefficient (Wildman–Crippen LogP) is 3.24. The van der Waals surface area contributed by atoms with Gasteiger partial charge in [-0.15, -0.1) is 0 Å². The second kappa shape index (κ2) is 9.39. The molecule has 24 heavy (non-hydrogen) atoms. The van der Waals surface area contributed by atoms with Gasteiger partial charge in [-0.3, -0.25) is 9.98 Å². The Kier molecular flexibility index (Phi) is 7.21. The smallest absolute Gasteiger partial charge is 0.115 e. The third kappa shape index (κ3) is 5.32. The van der Waals surface area contributed by atoms with E-state index in [1.54, 1.807) is 24.3 Å². The average molecular weight is 361 g/mol. The lowest BCUT2D eigenvalue weighted by Gasteiger charge is -2.05. The van der Waals surface area contributed by atoms with Gasteiger partial charge >= 0.3 is 0 Å². The van der Waals surface area contributed by atoms with E-state index < -0.39 is 0 Å². The topological polar surface area (TPSA) is 65.2 Å². The van der Waals surface area contributed by atoms with Gasteiger partial charge in [0.2, 0.25) is 0 Å². The van der Waals surface area contributed by atoms with Crippen LogP contribution < -0.4 is 0 Å². The van der Waals surface area contributed by atoms with Crippen LogP contribution in [0.2, 0.25) is 0 Å². The number of hydrogen-bond acceptors (Lipinski definition) is 6. The maximum absolute atomic E-state index is 9.34. The van der Waals surface area contributed by atoms with Gasteiger partial charge in [0.05, 0.1) is 24.5 Å². The molecule has 0 aromatic heterocycles. The van der Waals surface area contributed by atoms with E-state index in [2.05, 4.69) is 35.2 Å². The van der Waals surface area contributed by atoms with Gasteiger partial charge in [0.1, 0.15) is 11.5 Å². The molecular weight excluding hydrogens is 340 g/mol. The molecule has 0 radical (unpaired) electrons. The Morgan fingerprint density at radius 2 is 1.00 bits per heavy atom. The van der Waals surface area contributed by atoms with E-state index in [9.17, 15) is 10.2 Å². The molecule has 0 aliphatic carbocycles. The molecule has 0 bridgehead atoms. The number of nitrogens with zero attached hydrogens (tertiary/aromatic N) is 2. The summed E-state index contributed by atoms with van der Waals surface area (Å²) in [5.74, 6) is 1.50. The van der Waals surface area contributed by atoms with Crippen LogP contribution in [-0.4, -0.2) is 46.2 Å². The van der Waals surface area contributed by atoms with E-state index in [-0.39, 0.29) is 11.5 Å². The standard InChI is InChI=1S/C18H20N2O2S2/c21-15-5-1-13(2-6-15)17(11-23)19-9-10-20-18(12-24)14-3-7-16(22)8-4-14/h1-8,21-24H,9-12H2. The van der Waals surface area contributed by atoms with Crippen molar-refractivity contribution in [3.63, 3.8) is 0 Å². The molecule has 0 heterocycles. The van der Waals surface area contributed by atoms with E-state index >= 15 is 0 Å². The maximum atomic E-state index is 9.34. The van der Waals surface area contributed by atoms with Crippen LogP contribution in [0.5, 0.6) is 11.5 Å². The first-order valence-electron chi connectivity index (χ1n) is 7.51. The minimum atomic E-state index is 0.231. The summed E-state index contributed by atoms with van der Waals surface area (Å²) in [6, 6.07) is 13.8. The molecule has 0 amide bonds. The summed E-state index contributed by atoms with van der Waals surface area (Å²) < 4.78 is 0. The molecule has 0 saturated carbocycles. The highest BCUT2D eigenvalue weighted by atomic mass is 32.1. The first kappa shape index (κ1) is 18.4. The van der Waals surface area contributed by atoms with Crippen LogP contribution in [0.25, 0.3) is 0 Å². The zero-order valence-electron chi connectivity index (χ0n) is 13.1. The molecule has 6 heteroatoms. The van der Waals surface area contributed by atoms with E-state index in [0.717, 1.165) is 22.6 Å². The van der Waals surface area contributed by atoms with E-state index in [1.807, 2.05) is 24.3 Å². The lowest BCUT2D eigenvalue weighted by molar-refractivity contribution is 0.474. The summed E-state index contributed by atoms with van der Waals surface area (Å²) in [6.45, 7) is 1.10. The van der Waals surface area contributed by atoms with Crippen molar-refractivity contribution in [1.29, 1.82) is 0 Å². The number of benzene rings is 2. The Labute approximate surface area is 152 Å². The SMILES string of the molecule is Oc1ccc(C(CS)=NCCN=C(CS)c2ccc(O)cc2)cc1. The van der Waals surface area contributed by atoms with E-state index in [4.69, 9.17) is 0 Å². The molecule has 0 unspecified atom stereocenters. The lowest BCUT2D eigenvalue weighted by atomic mass is 10.1. The van der Waals surface area contributed by atoms with Gasteiger partial charge < -0.3 is 10.2 Å². The van der Waals surface area contributed by atoms with Gasteiger partial charge in [0, 0.05) is 11.5 Å². The number of aliphatic imine (C=N–C) groups is 2. The summed E-state index contributed by atoms with van der Waals surface area (Å²) in [4.78, 5) is 9.09. The monoisotopic (exact) mass is 360 g/mol. The normalized spacial score (nSPS) is 12.4. The highest BCUT2D eigenvalue weighted by Crippen LogP contribution is 2.12. The van der Waals surface area contributed by atoms with Crippen molar-refractivity contribution >= 4 is 36.7 Å². The van der Waals surface area contributed by atoms with Crippen LogP contribution in [0, 0.1) is 0 Å². The molecule has 2 aromatic carbocycles. The van der Waals surface area contributed by atoms with Crippen LogP contribution in [0.15, 0.2) is 58.5 Å². The maximum Gasteiger partial charge on any atom is 0.115 e. The number of phenolic OH excluding ortho intramolecular Hbond substituents is 2. The van der Waals surface area contributed by atoms with Crippen LogP contribution in [0.3, 0.4) is 0 Å². The second-order valence-electron chi connectivity index (χ2n) is 5.07. The molecule has 126 valence electrons. The average Bonchev–Trinajstić information content (AvgIpc) is 2.60. The Balaban J connectivity index is 2.02. The third-order valence-corrected chi connectivity index (χ3v) is 4.00. The number of thiol groups is 2. The predicted molar refractivity (Wildman–Crippen MR) is 107 cm³/mol. The Morgan fingerprint density at radius 1 is 0.667 bits per heavy atom. The molecule has 2 aromatic rings. The minimum absolute atomic E-state index is 0.231. The van der Waals surface area contributed by atoms with Crippen molar-refractivity contribution in [1.82, 2.24) is 0 Å². The second-order valence-corrected chi connectivity index (χ2v) is 5.70. The number of aromatic hydroxyl groups is 2. The van der Waals surface area contributed by atoms with Crippen molar-refractivity contribution < 1.29 is 10.2 Å². The molecule has 2 N–H and O–H groups in total. The number of hydrogen-bond donors (Lipinski definition) is 4. The molecule has 0 fully saturated rings. The van der Waals surface area contributed by atoms with Crippen LogP contribution in [0.1, 0.15) is 11.1 Å². The molecule has 0 atom stereocenters. The molecule has 0 aliphatic rings. The molecule has 2 rings (SSSR count). The third-order valence-electron chi connectivity index (χ3n) is 3.41. The van der Waals surface area contributed by atoms with Crippen LogP contribution in [-0.2, 0) is 0 Å². The molecule has 0 spiro atoms. The highest BCUT2D eigenvalue weighted by molar-refractivity contribution is 7.81. The first-order valence-corrected chi connectivity index (χ1v) is 8.77. The zero-order chi connectivity index (χ0) is 17.4. The quantitative estimate of drug-likeness (QED) is 0.348. The van der Waals surface area contributed by atoms with Gasteiger partial charge in [0.25, 0.3) is 0 Å². The molecule has 0 saturated heterocycles. The summed E-state index contributed by atoms with van der Waals surface area (Å²) in [6.07, 6.45) is 0. The van der Waals surface area contributed by atoms with Crippen molar-refractivity contribution in [2.75, 3.05) is 24.6 Å². The fourth-order valence-corrected chi connectivity index (χ4v) is 2.71. The van der Waals surface area contributed by atoms with Crippen molar-refractivity contribution in [2.45, 2.75) is 0 Å². The Hall–Kier alpha value is -1.92. The summed E-state index contributed by atoms with van der Waals surface area (Å²) in [5, 5.41) is 18.7. The van der Waals surface area contributed by atoms with E-state index in [1.165, 1.54) is 0 Å². The molecule has 0 aliphatic heterocycles. The Morgan fingerprint density at radius 3 is 1.29 bits per heavy atom. The minimum Gasteiger partial charge on any atom is -0.508 e. The van der Waals surface area contributed by atoms with Gasteiger partial charge in [-0.1, -0.05) is 0 Å². The zero-order valence-corrected chi connectivity index (χ0v) is 14.9. The van der Waals surface area contributed by atoms with Gasteiger partial charge in [-0.05, 0) is 59.7 Å². The summed E-state index contributed by atoms with van der Waals surface area (Å²) >= 11 is 8.63. The molecule has 4 nitrogen and oxygen atoms in total. The lowest BCUT2D eigenvalue weighted by Crippen LogP contribution is -2.07.